The highest BCUT2D eigenvalue weighted by Gasteiger charge is 2.02. The molecule has 0 saturated carbocycles. The first-order valence-electron chi connectivity index (χ1n) is 5.18. The van der Waals surface area contributed by atoms with Gasteiger partial charge < -0.3 is 4.74 Å². The van der Waals surface area contributed by atoms with Crippen LogP contribution in [0.1, 0.15) is 32.6 Å². The SMILES string of the molecule is CCCCCCOc1ncc(Cl)cc1Br. The van der Waals surface area contributed by atoms with Crippen LogP contribution < -0.4 is 4.74 Å². The first-order chi connectivity index (χ1) is 7.24. The molecule has 0 amide bonds. The van der Waals surface area contributed by atoms with Gasteiger partial charge in [0.25, 0.3) is 0 Å². The Labute approximate surface area is 104 Å². The van der Waals surface area contributed by atoms with Crippen molar-refractivity contribution in [3.63, 3.8) is 0 Å². The summed E-state index contributed by atoms with van der Waals surface area (Å²) in [4.78, 5) is 4.09. The fourth-order valence-corrected chi connectivity index (χ4v) is 1.96. The molecule has 0 N–H and O–H groups in total. The van der Waals surface area contributed by atoms with Crippen LogP contribution in [-0.4, -0.2) is 11.6 Å². The maximum atomic E-state index is 5.77. The van der Waals surface area contributed by atoms with Crippen molar-refractivity contribution in [2.24, 2.45) is 0 Å². The zero-order chi connectivity index (χ0) is 11.1. The largest absolute Gasteiger partial charge is 0.477 e. The van der Waals surface area contributed by atoms with Crippen LogP contribution >= 0.6 is 27.5 Å². The monoisotopic (exact) mass is 291 g/mol. The van der Waals surface area contributed by atoms with Gasteiger partial charge >= 0.3 is 0 Å². The molecular weight excluding hydrogens is 277 g/mol. The highest BCUT2D eigenvalue weighted by molar-refractivity contribution is 9.10. The van der Waals surface area contributed by atoms with Gasteiger partial charge in [0.2, 0.25) is 5.88 Å². The zero-order valence-electron chi connectivity index (χ0n) is 8.80. The third kappa shape index (κ3) is 4.85. The average Bonchev–Trinajstić information content (AvgIpc) is 2.20. The van der Waals surface area contributed by atoms with Gasteiger partial charge in [-0.3, -0.25) is 0 Å². The van der Waals surface area contributed by atoms with E-state index in [-0.39, 0.29) is 0 Å². The van der Waals surface area contributed by atoms with Crippen LogP contribution in [0.4, 0.5) is 0 Å². The molecule has 0 bridgehead atoms. The normalized spacial score (nSPS) is 10.3. The lowest BCUT2D eigenvalue weighted by atomic mass is 10.2. The van der Waals surface area contributed by atoms with Crippen LogP contribution in [0.15, 0.2) is 16.7 Å². The summed E-state index contributed by atoms with van der Waals surface area (Å²) in [5.74, 6) is 0.621. The molecule has 0 atom stereocenters. The molecule has 15 heavy (non-hydrogen) atoms. The average molecular weight is 293 g/mol. The van der Waals surface area contributed by atoms with Crippen molar-refractivity contribution in [3.05, 3.63) is 21.8 Å². The Hall–Kier alpha value is -0.280. The topological polar surface area (TPSA) is 22.1 Å². The molecule has 1 aromatic rings. The minimum absolute atomic E-state index is 0.611. The predicted octanol–water partition coefficient (Wildman–Crippen LogP) is 4.46. The van der Waals surface area contributed by atoms with Gasteiger partial charge in [-0.25, -0.2) is 4.98 Å². The second kappa shape index (κ2) is 7.07. The number of rotatable bonds is 6. The van der Waals surface area contributed by atoms with Gasteiger partial charge in [-0.1, -0.05) is 37.8 Å². The molecule has 0 saturated heterocycles. The van der Waals surface area contributed by atoms with Crippen LogP contribution in [0.3, 0.4) is 0 Å². The number of hydrogen-bond donors (Lipinski definition) is 0. The summed E-state index contributed by atoms with van der Waals surface area (Å²) in [7, 11) is 0. The molecule has 0 fully saturated rings. The van der Waals surface area contributed by atoms with E-state index in [0.717, 1.165) is 10.9 Å². The van der Waals surface area contributed by atoms with Crippen molar-refractivity contribution in [3.8, 4) is 5.88 Å². The predicted molar refractivity (Wildman–Crippen MR) is 66.6 cm³/mol. The molecule has 0 radical (unpaired) electrons. The Morgan fingerprint density at radius 1 is 1.40 bits per heavy atom. The maximum Gasteiger partial charge on any atom is 0.228 e. The van der Waals surface area contributed by atoms with Crippen LogP contribution in [0, 0.1) is 0 Å². The van der Waals surface area contributed by atoms with Gasteiger partial charge in [-0.2, -0.15) is 0 Å². The van der Waals surface area contributed by atoms with Gasteiger partial charge in [0.05, 0.1) is 16.1 Å². The molecule has 4 heteroatoms. The van der Waals surface area contributed by atoms with Crippen molar-refractivity contribution in [1.29, 1.82) is 0 Å². The van der Waals surface area contributed by atoms with Gasteiger partial charge in [0, 0.05) is 6.20 Å². The van der Waals surface area contributed by atoms with Crippen LogP contribution in [0.5, 0.6) is 5.88 Å². The van der Waals surface area contributed by atoms with E-state index in [1.807, 2.05) is 0 Å². The van der Waals surface area contributed by atoms with E-state index >= 15 is 0 Å². The molecule has 0 unspecified atom stereocenters. The molecule has 1 rings (SSSR count). The third-order valence-electron chi connectivity index (χ3n) is 2.01. The first-order valence-corrected chi connectivity index (χ1v) is 6.35. The first kappa shape index (κ1) is 12.8. The van der Waals surface area contributed by atoms with Gasteiger partial charge in [0.15, 0.2) is 0 Å². The van der Waals surface area contributed by atoms with E-state index in [1.54, 1.807) is 12.3 Å². The number of hydrogen-bond acceptors (Lipinski definition) is 2. The van der Waals surface area contributed by atoms with Crippen molar-refractivity contribution in [2.45, 2.75) is 32.6 Å². The summed E-state index contributed by atoms with van der Waals surface area (Å²) < 4.78 is 6.33. The Kier molecular flexibility index (Phi) is 6.03. The summed E-state index contributed by atoms with van der Waals surface area (Å²) in [6.07, 6.45) is 6.38. The van der Waals surface area contributed by atoms with Crippen molar-refractivity contribution in [2.75, 3.05) is 6.61 Å². The fraction of sp³-hybridized carbons (Fsp3) is 0.545. The Bertz CT molecular complexity index is 307. The minimum Gasteiger partial charge on any atom is -0.477 e. The molecule has 1 heterocycles. The standard InChI is InChI=1S/C11H15BrClNO/c1-2-3-4-5-6-15-11-10(12)7-9(13)8-14-11/h7-8H,2-6H2,1H3. The number of ether oxygens (including phenoxy) is 1. The highest BCUT2D eigenvalue weighted by atomic mass is 79.9. The Morgan fingerprint density at radius 2 is 2.20 bits per heavy atom. The van der Waals surface area contributed by atoms with E-state index in [4.69, 9.17) is 16.3 Å². The summed E-state index contributed by atoms with van der Waals surface area (Å²) in [6, 6.07) is 1.79. The smallest absolute Gasteiger partial charge is 0.228 e. The lowest BCUT2D eigenvalue weighted by Gasteiger charge is -2.06. The quantitative estimate of drug-likeness (QED) is 0.722. The fourth-order valence-electron chi connectivity index (χ4n) is 1.21. The summed E-state index contributed by atoms with van der Waals surface area (Å²) in [6.45, 7) is 2.91. The number of aromatic nitrogens is 1. The molecule has 1 aromatic heterocycles. The summed E-state index contributed by atoms with van der Waals surface area (Å²) in [5, 5.41) is 0.611. The molecule has 0 aliphatic heterocycles. The molecule has 0 aromatic carbocycles. The van der Waals surface area contributed by atoms with E-state index < -0.39 is 0 Å². The van der Waals surface area contributed by atoms with Crippen molar-refractivity contribution in [1.82, 2.24) is 4.98 Å². The maximum absolute atomic E-state index is 5.77. The second-order valence-corrected chi connectivity index (χ2v) is 4.64. The molecule has 0 aliphatic carbocycles. The number of unbranched alkanes of at least 4 members (excludes halogenated alkanes) is 3. The van der Waals surface area contributed by atoms with Crippen LogP contribution in [-0.2, 0) is 0 Å². The lowest BCUT2D eigenvalue weighted by Crippen LogP contribution is -1.99. The Balaban J connectivity index is 2.31. The van der Waals surface area contributed by atoms with Crippen LogP contribution in [0.25, 0.3) is 0 Å². The number of halogens is 2. The van der Waals surface area contributed by atoms with E-state index in [1.165, 1.54) is 19.3 Å². The van der Waals surface area contributed by atoms with Gasteiger partial charge in [0.1, 0.15) is 0 Å². The molecule has 0 aliphatic rings. The number of nitrogens with zero attached hydrogens (tertiary/aromatic N) is 1. The molecule has 0 spiro atoms. The van der Waals surface area contributed by atoms with Gasteiger partial charge in [-0.15, -0.1) is 0 Å². The van der Waals surface area contributed by atoms with Crippen molar-refractivity contribution >= 4 is 27.5 Å². The molecule has 84 valence electrons. The van der Waals surface area contributed by atoms with E-state index in [9.17, 15) is 0 Å². The second-order valence-electron chi connectivity index (χ2n) is 3.35. The summed E-state index contributed by atoms with van der Waals surface area (Å²) in [5.41, 5.74) is 0. The van der Waals surface area contributed by atoms with E-state index in [0.29, 0.717) is 17.5 Å². The Morgan fingerprint density at radius 3 is 2.87 bits per heavy atom. The van der Waals surface area contributed by atoms with Crippen molar-refractivity contribution < 1.29 is 4.74 Å². The third-order valence-corrected chi connectivity index (χ3v) is 2.79. The molecular formula is C11H15BrClNO. The minimum atomic E-state index is 0.611. The highest BCUT2D eigenvalue weighted by Crippen LogP contribution is 2.25. The van der Waals surface area contributed by atoms with Gasteiger partial charge in [-0.05, 0) is 28.4 Å². The van der Waals surface area contributed by atoms with Crippen LogP contribution in [0.2, 0.25) is 5.02 Å². The lowest BCUT2D eigenvalue weighted by molar-refractivity contribution is 0.292. The molecule has 2 nitrogen and oxygen atoms in total. The van der Waals surface area contributed by atoms with E-state index in [2.05, 4.69) is 27.8 Å². The number of pyridine rings is 1. The summed E-state index contributed by atoms with van der Waals surface area (Å²) >= 11 is 9.13. The zero-order valence-corrected chi connectivity index (χ0v) is 11.1.